The van der Waals surface area contributed by atoms with Gasteiger partial charge in [-0.25, -0.2) is 15.0 Å². The number of hydrogen-bond donors (Lipinski definition) is 2. The Hall–Kier alpha value is -4.60. The molecule has 9 nitrogen and oxygen atoms in total. The van der Waals surface area contributed by atoms with Crippen LogP contribution in [0.15, 0.2) is 85.7 Å². The van der Waals surface area contributed by atoms with Crippen molar-refractivity contribution in [3.05, 3.63) is 108 Å². The van der Waals surface area contributed by atoms with Crippen LogP contribution in [0.3, 0.4) is 0 Å². The second kappa shape index (κ2) is 12.7. The predicted molar refractivity (Wildman–Crippen MR) is 162 cm³/mol. The van der Waals surface area contributed by atoms with Crippen LogP contribution in [0.2, 0.25) is 5.02 Å². The third kappa shape index (κ3) is 7.13. The van der Waals surface area contributed by atoms with Gasteiger partial charge in [-0.15, -0.1) is 0 Å². The highest BCUT2D eigenvalue weighted by molar-refractivity contribution is 6.32. The molecule has 2 amide bonds. The van der Waals surface area contributed by atoms with E-state index in [1.807, 2.05) is 36.4 Å². The number of nitrogens with one attached hydrogen (secondary N) is 2. The zero-order chi connectivity index (χ0) is 28.8. The maximum atomic E-state index is 12.8. The Morgan fingerprint density at radius 2 is 1.76 bits per heavy atom. The van der Waals surface area contributed by atoms with Crippen molar-refractivity contribution in [1.82, 2.24) is 19.9 Å². The first-order chi connectivity index (χ1) is 19.9. The highest BCUT2D eigenvalue weighted by atomic mass is 35.5. The SMILES string of the molecule is C=CC(=O)Nc1ccc(C(=O)Nc2cccc(Cc3ncc(Cl)c(-c4ccnc(N5CCN(C)CC5)c4)n3)c2)cc1. The van der Waals surface area contributed by atoms with Crippen LogP contribution in [0.4, 0.5) is 17.2 Å². The summed E-state index contributed by atoms with van der Waals surface area (Å²) in [4.78, 5) is 42.7. The average molecular weight is 568 g/mol. The third-order valence-electron chi connectivity index (χ3n) is 6.79. The first-order valence-corrected chi connectivity index (χ1v) is 13.6. The van der Waals surface area contributed by atoms with Crippen LogP contribution in [0.1, 0.15) is 21.7 Å². The summed E-state index contributed by atoms with van der Waals surface area (Å²) in [6.45, 7) is 7.25. The van der Waals surface area contributed by atoms with E-state index in [0.29, 0.717) is 39.9 Å². The molecule has 0 aliphatic carbocycles. The lowest BCUT2D eigenvalue weighted by Gasteiger charge is -2.33. The van der Waals surface area contributed by atoms with Gasteiger partial charge >= 0.3 is 0 Å². The molecule has 2 N–H and O–H groups in total. The van der Waals surface area contributed by atoms with Crippen LogP contribution in [0.25, 0.3) is 11.3 Å². The van der Waals surface area contributed by atoms with Crippen molar-refractivity contribution in [2.75, 3.05) is 48.8 Å². The molecule has 10 heteroatoms. The van der Waals surface area contributed by atoms with Gasteiger partial charge in [-0.2, -0.15) is 0 Å². The van der Waals surface area contributed by atoms with Crippen molar-refractivity contribution in [1.29, 1.82) is 0 Å². The van der Waals surface area contributed by atoms with Crippen molar-refractivity contribution >= 4 is 40.6 Å². The standard InChI is InChI=1S/C31H30ClN7O2/c1-3-29(40)35-24-9-7-22(8-10-24)31(41)36-25-6-4-5-21(17-25)18-27-34-20-26(32)30(37-27)23-11-12-33-28(19-23)39-15-13-38(2)14-16-39/h3-12,17,19-20H,1,13-16,18H2,2H3,(H,35,40)(H,36,41). The van der Waals surface area contributed by atoms with Crippen LogP contribution >= 0.6 is 11.6 Å². The van der Waals surface area contributed by atoms with Gasteiger partial charge in [0.05, 0.1) is 10.7 Å². The first kappa shape index (κ1) is 27.9. The summed E-state index contributed by atoms with van der Waals surface area (Å²) in [7, 11) is 2.13. The van der Waals surface area contributed by atoms with E-state index >= 15 is 0 Å². The first-order valence-electron chi connectivity index (χ1n) is 13.2. The Labute approximate surface area is 243 Å². The van der Waals surface area contributed by atoms with Gasteiger partial charge in [0.25, 0.3) is 5.91 Å². The molecule has 0 unspecified atom stereocenters. The summed E-state index contributed by atoms with van der Waals surface area (Å²) in [5.41, 5.74) is 4.18. The van der Waals surface area contributed by atoms with Gasteiger partial charge in [-0.05, 0) is 67.2 Å². The quantitative estimate of drug-likeness (QED) is 0.292. The minimum absolute atomic E-state index is 0.261. The van der Waals surface area contributed by atoms with Crippen molar-refractivity contribution in [3.8, 4) is 11.3 Å². The fourth-order valence-corrected chi connectivity index (χ4v) is 4.71. The second-order valence-electron chi connectivity index (χ2n) is 9.78. The molecule has 2 aromatic carbocycles. The molecular weight excluding hydrogens is 538 g/mol. The number of benzene rings is 2. The van der Waals surface area contributed by atoms with E-state index in [0.717, 1.165) is 43.1 Å². The van der Waals surface area contributed by atoms with Crippen molar-refractivity contribution in [3.63, 3.8) is 0 Å². The molecule has 0 spiro atoms. The van der Waals surface area contributed by atoms with Crippen molar-refractivity contribution in [2.45, 2.75) is 6.42 Å². The highest BCUT2D eigenvalue weighted by Crippen LogP contribution is 2.28. The van der Waals surface area contributed by atoms with Crippen LogP contribution < -0.4 is 15.5 Å². The zero-order valence-electron chi connectivity index (χ0n) is 22.7. The molecule has 0 saturated carbocycles. The topological polar surface area (TPSA) is 103 Å². The fourth-order valence-electron chi connectivity index (χ4n) is 4.51. The lowest BCUT2D eigenvalue weighted by Crippen LogP contribution is -2.44. The Morgan fingerprint density at radius 1 is 0.976 bits per heavy atom. The molecule has 3 heterocycles. The summed E-state index contributed by atoms with van der Waals surface area (Å²) >= 11 is 6.54. The normalized spacial score (nSPS) is 13.5. The Balaban J connectivity index is 1.28. The van der Waals surface area contributed by atoms with Gasteiger partial charge in [-0.1, -0.05) is 30.3 Å². The van der Waals surface area contributed by atoms with Crippen LogP contribution in [0, 0.1) is 0 Å². The average Bonchev–Trinajstić information content (AvgIpc) is 2.99. The van der Waals surface area contributed by atoms with Gasteiger partial charge in [0, 0.05) is 67.5 Å². The maximum absolute atomic E-state index is 12.8. The molecule has 2 aromatic heterocycles. The zero-order valence-corrected chi connectivity index (χ0v) is 23.4. The summed E-state index contributed by atoms with van der Waals surface area (Å²) in [6.07, 6.45) is 5.07. The highest BCUT2D eigenvalue weighted by Gasteiger charge is 2.17. The number of piperazine rings is 1. The number of likely N-dealkylation sites (N-methyl/N-ethyl adjacent to an activating group) is 1. The minimum atomic E-state index is -0.313. The Kier molecular flexibility index (Phi) is 8.67. The summed E-state index contributed by atoms with van der Waals surface area (Å²) in [5.74, 6) is 0.948. The maximum Gasteiger partial charge on any atom is 0.255 e. The monoisotopic (exact) mass is 567 g/mol. The van der Waals surface area contributed by atoms with Gasteiger partial charge < -0.3 is 20.4 Å². The molecule has 1 saturated heterocycles. The van der Waals surface area contributed by atoms with Gasteiger partial charge in [-0.3, -0.25) is 9.59 Å². The summed E-state index contributed by atoms with van der Waals surface area (Å²) < 4.78 is 0. The number of amides is 2. The molecule has 41 heavy (non-hydrogen) atoms. The number of aromatic nitrogens is 3. The molecule has 1 aliphatic rings. The van der Waals surface area contributed by atoms with Crippen LogP contribution in [0.5, 0.6) is 0 Å². The number of nitrogens with zero attached hydrogens (tertiary/aromatic N) is 5. The predicted octanol–water partition coefficient (Wildman–Crippen LogP) is 4.91. The van der Waals surface area contributed by atoms with E-state index in [4.69, 9.17) is 16.6 Å². The van der Waals surface area contributed by atoms with Crippen LogP contribution in [-0.2, 0) is 11.2 Å². The molecule has 1 aliphatic heterocycles. The number of carbonyl (C=O) groups is 2. The molecule has 1 fully saturated rings. The Bertz CT molecular complexity index is 1570. The van der Waals surface area contributed by atoms with E-state index in [-0.39, 0.29) is 11.8 Å². The molecule has 0 atom stereocenters. The molecule has 0 radical (unpaired) electrons. The van der Waals surface area contributed by atoms with Gasteiger partial charge in [0.1, 0.15) is 11.6 Å². The number of anilines is 3. The number of hydrogen-bond acceptors (Lipinski definition) is 7. The van der Waals surface area contributed by atoms with Gasteiger partial charge in [0.2, 0.25) is 5.91 Å². The van der Waals surface area contributed by atoms with Gasteiger partial charge in [0.15, 0.2) is 0 Å². The fraction of sp³-hybridized carbons (Fsp3) is 0.194. The lowest BCUT2D eigenvalue weighted by molar-refractivity contribution is -0.111. The number of rotatable bonds is 8. The third-order valence-corrected chi connectivity index (χ3v) is 7.06. The van der Waals surface area contributed by atoms with E-state index in [1.54, 1.807) is 36.7 Å². The largest absolute Gasteiger partial charge is 0.354 e. The molecule has 5 rings (SSSR count). The summed E-state index contributed by atoms with van der Waals surface area (Å²) in [6, 6.07) is 18.1. The smallest absolute Gasteiger partial charge is 0.255 e. The van der Waals surface area contributed by atoms with Crippen molar-refractivity contribution in [2.24, 2.45) is 0 Å². The number of carbonyl (C=O) groups excluding carboxylic acids is 2. The van der Waals surface area contributed by atoms with Crippen molar-refractivity contribution < 1.29 is 9.59 Å². The number of pyridine rings is 1. The second-order valence-corrected chi connectivity index (χ2v) is 10.2. The molecule has 4 aromatic rings. The van der Waals surface area contributed by atoms with Crippen LogP contribution in [-0.4, -0.2) is 64.9 Å². The van der Waals surface area contributed by atoms with E-state index in [2.05, 4.69) is 44.0 Å². The van der Waals surface area contributed by atoms with E-state index < -0.39 is 0 Å². The number of halogens is 1. The van der Waals surface area contributed by atoms with E-state index in [9.17, 15) is 9.59 Å². The summed E-state index contributed by atoms with van der Waals surface area (Å²) in [5, 5.41) is 6.06. The molecule has 0 bridgehead atoms. The Morgan fingerprint density at radius 3 is 2.51 bits per heavy atom. The minimum Gasteiger partial charge on any atom is -0.354 e. The molecule has 208 valence electrons. The lowest BCUT2D eigenvalue weighted by atomic mass is 10.1. The van der Waals surface area contributed by atoms with E-state index in [1.165, 1.54) is 6.08 Å². The molecular formula is C31H30ClN7O2.